The molecule has 0 aliphatic heterocycles. The first-order valence-electron chi connectivity index (χ1n) is 10.7. The van der Waals surface area contributed by atoms with Crippen LogP contribution in [-0.4, -0.2) is 41.3 Å². The quantitative estimate of drug-likeness (QED) is 0.309. The molecule has 0 atom stereocenters. The molecule has 0 bridgehead atoms. The van der Waals surface area contributed by atoms with E-state index in [0.29, 0.717) is 22.4 Å². The van der Waals surface area contributed by atoms with Gasteiger partial charge in [0.25, 0.3) is 11.5 Å². The predicted octanol–water partition coefficient (Wildman–Crippen LogP) is 2.59. The van der Waals surface area contributed by atoms with Crippen LogP contribution in [0, 0.1) is 0 Å². The summed E-state index contributed by atoms with van der Waals surface area (Å²) in [5.41, 5.74) is 6.74. The molecular weight excluding hydrogens is 495 g/mol. The number of halogens is 2. The number of anilines is 1. The number of hydrogen-bond donors (Lipinski definition) is 4. The van der Waals surface area contributed by atoms with E-state index in [0.717, 1.165) is 17.4 Å². The fraction of sp³-hybridized carbons (Fsp3) is 0.217. The van der Waals surface area contributed by atoms with Crippen molar-refractivity contribution in [3.63, 3.8) is 0 Å². The van der Waals surface area contributed by atoms with Crippen molar-refractivity contribution >= 4 is 40.6 Å². The molecule has 0 unspecified atom stereocenters. The van der Waals surface area contributed by atoms with Crippen LogP contribution >= 0.6 is 23.2 Å². The first kappa shape index (κ1) is 23.2. The third-order valence-electron chi connectivity index (χ3n) is 5.80. The molecule has 5 N–H and O–H groups in total. The molecular formula is C23H20Cl2N6O4. The van der Waals surface area contributed by atoms with Crippen LogP contribution in [0.15, 0.2) is 41.3 Å². The number of aromatic nitrogens is 4. The van der Waals surface area contributed by atoms with Crippen molar-refractivity contribution in [2.45, 2.75) is 32.0 Å². The fourth-order valence-corrected chi connectivity index (χ4v) is 4.47. The SMILES string of the molecule is Nc1ncccc1-c1cc2n(Cc3c(Cl)cc(CO)cc3Cl)c(=O)c(C(=O)NC3CC3)c(O)n2n1. The first-order chi connectivity index (χ1) is 16.8. The number of benzene rings is 1. The molecule has 3 heterocycles. The molecule has 0 saturated heterocycles. The van der Waals surface area contributed by atoms with Crippen molar-refractivity contribution in [1.82, 2.24) is 24.5 Å². The van der Waals surface area contributed by atoms with Crippen molar-refractivity contribution in [1.29, 1.82) is 0 Å². The summed E-state index contributed by atoms with van der Waals surface area (Å²) in [6, 6.07) is 7.99. The minimum absolute atomic E-state index is 0.0382. The van der Waals surface area contributed by atoms with Crippen LogP contribution in [0.4, 0.5) is 5.82 Å². The number of amides is 1. The number of fused-ring (bicyclic) bond motifs is 1. The van der Waals surface area contributed by atoms with Crippen molar-refractivity contribution in [3.8, 4) is 17.1 Å². The summed E-state index contributed by atoms with van der Waals surface area (Å²) in [6.07, 6.45) is 3.14. The van der Waals surface area contributed by atoms with E-state index in [-0.39, 0.29) is 40.7 Å². The molecule has 0 spiro atoms. The molecule has 1 aromatic carbocycles. The molecule has 10 nitrogen and oxygen atoms in total. The van der Waals surface area contributed by atoms with Crippen LogP contribution in [0.25, 0.3) is 16.9 Å². The van der Waals surface area contributed by atoms with Crippen molar-refractivity contribution in [2.24, 2.45) is 0 Å². The van der Waals surface area contributed by atoms with Gasteiger partial charge in [-0.15, -0.1) is 0 Å². The van der Waals surface area contributed by atoms with Crippen LogP contribution in [-0.2, 0) is 13.2 Å². The van der Waals surface area contributed by atoms with Gasteiger partial charge in [0, 0.05) is 39.5 Å². The van der Waals surface area contributed by atoms with E-state index in [4.69, 9.17) is 28.9 Å². The van der Waals surface area contributed by atoms with E-state index in [1.165, 1.54) is 10.8 Å². The number of pyridine rings is 1. The van der Waals surface area contributed by atoms with Crippen LogP contribution in [0.5, 0.6) is 5.88 Å². The second-order valence-electron chi connectivity index (χ2n) is 8.27. The highest BCUT2D eigenvalue weighted by Gasteiger charge is 2.30. The Morgan fingerprint density at radius 1 is 1.23 bits per heavy atom. The van der Waals surface area contributed by atoms with Gasteiger partial charge in [-0.05, 0) is 42.7 Å². The average molecular weight is 515 g/mol. The van der Waals surface area contributed by atoms with Gasteiger partial charge in [0.1, 0.15) is 11.5 Å². The third kappa shape index (κ3) is 4.20. The lowest BCUT2D eigenvalue weighted by Gasteiger charge is -2.15. The topological polar surface area (TPSA) is 148 Å². The molecule has 12 heteroatoms. The average Bonchev–Trinajstić information content (AvgIpc) is 3.52. The summed E-state index contributed by atoms with van der Waals surface area (Å²) < 4.78 is 2.37. The maximum absolute atomic E-state index is 13.5. The van der Waals surface area contributed by atoms with Gasteiger partial charge < -0.3 is 21.3 Å². The number of rotatable bonds is 6. The number of aromatic hydroxyl groups is 1. The number of aliphatic hydroxyl groups excluding tert-OH is 1. The lowest BCUT2D eigenvalue weighted by Crippen LogP contribution is -2.35. The van der Waals surface area contributed by atoms with Gasteiger partial charge in [-0.1, -0.05) is 23.2 Å². The Morgan fingerprint density at radius 2 is 1.94 bits per heavy atom. The lowest BCUT2D eigenvalue weighted by atomic mass is 10.1. The monoisotopic (exact) mass is 514 g/mol. The van der Waals surface area contributed by atoms with Crippen molar-refractivity contribution in [3.05, 3.63) is 73.6 Å². The fourth-order valence-electron chi connectivity index (χ4n) is 3.82. The standard InChI is InChI=1S/C23H20Cl2N6O4/c24-15-6-11(10-32)7-16(25)14(15)9-30-18-8-17(13-2-1-5-27-20(13)26)29-31(18)23(35)19(22(30)34)21(33)28-12-3-4-12/h1-2,5-8,12,32,35H,3-4,9-10H2,(H2,26,27)(H,28,33). The Balaban J connectivity index is 1.74. The normalized spacial score (nSPS) is 13.3. The highest BCUT2D eigenvalue weighted by molar-refractivity contribution is 6.36. The van der Waals surface area contributed by atoms with Gasteiger partial charge in [0.05, 0.1) is 18.8 Å². The molecule has 1 amide bonds. The molecule has 4 aromatic rings. The zero-order valence-electron chi connectivity index (χ0n) is 18.2. The molecule has 1 saturated carbocycles. The number of aliphatic hydroxyl groups is 1. The van der Waals surface area contributed by atoms with E-state index in [9.17, 15) is 19.8 Å². The summed E-state index contributed by atoms with van der Waals surface area (Å²) in [4.78, 5) is 30.5. The lowest BCUT2D eigenvalue weighted by molar-refractivity contribution is 0.0945. The number of hydrogen-bond acceptors (Lipinski definition) is 7. The van der Waals surface area contributed by atoms with E-state index >= 15 is 0 Å². The number of carbonyl (C=O) groups excluding carboxylic acids is 1. The highest BCUT2D eigenvalue weighted by Crippen LogP contribution is 2.30. The van der Waals surface area contributed by atoms with E-state index in [1.807, 2.05) is 0 Å². The Labute approximate surface area is 208 Å². The van der Waals surface area contributed by atoms with E-state index in [1.54, 1.807) is 30.3 Å². The maximum Gasteiger partial charge on any atom is 0.270 e. The third-order valence-corrected chi connectivity index (χ3v) is 6.48. The van der Waals surface area contributed by atoms with Crippen LogP contribution in [0.1, 0.15) is 34.3 Å². The highest BCUT2D eigenvalue weighted by atomic mass is 35.5. The Kier molecular flexibility index (Phi) is 5.87. The number of carbonyl (C=O) groups is 1. The van der Waals surface area contributed by atoms with Gasteiger partial charge in [-0.2, -0.15) is 9.61 Å². The zero-order chi connectivity index (χ0) is 24.9. The predicted molar refractivity (Wildman–Crippen MR) is 131 cm³/mol. The molecule has 1 aliphatic carbocycles. The van der Waals surface area contributed by atoms with Gasteiger partial charge in [-0.25, -0.2) is 4.98 Å². The van der Waals surface area contributed by atoms with E-state index < -0.39 is 22.9 Å². The zero-order valence-corrected chi connectivity index (χ0v) is 19.7. The number of nitrogens with two attached hydrogens (primary N) is 1. The van der Waals surface area contributed by atoms with Crippen molar-refractivity contribution in [2.75, 3.05) is 5.73 Å². The number of nitrogens with zero attached hydrogens (tertiary/aromatic N) is 4. The van der Waals surface area contributed by atoms with Crippen LogP contribution in [0.3, 0.4) is 0 Å². The van der Waals surface area contributed by atoms with Gasteiger partial charge in [0.15, 0.2) is 5.56 Å². The summed E-state index contributed by atoms with van der Waals surface area (Å²) in [5, 5.41) is 28.0. The first-order valence-corrected chi connectivity index (χ1v) is 11.5. The maximum atomic E-state index is 13.5. The molecule has 35 heavy (non-hydrogen) atoms. The molecule has 5 rings (SSSR count). The van der Waals surface area contributed by atoms with Crippen LogP contribution < -0.4 is 16.6 Å². The molecule has 1 aliphatic rings. The molecule has 3 aromatic heterocycles. The smallest absolute Gasteiger partial charge is 0.270 e. The summed E-state index contributed by atoms with van der Waals surface area (Å²) in [6.45, 7) is -0.378. The summed E-state index contributed by atoms with van der Waals surface area (Å²) in [7, 11) is 0. The number of nitrogens with one attached hydrogen (secondary N) is 1. The van der Waals surface area contributed by atoms with Gasteiger partial charge in [-0.3, -0.25) is 14.2 Å². The van der Waals surface area contributed by atoms with Gasteiger partial charge in [0.2, 0.25) is 5.88 Å². The van der Waals surface area contributed by atoms with E-state index in [2.05, 4.69) is 15.4 Å². The number of nitrogen functional groups attached to an aromatic ring is 1. The summed E-state index contributed by atoms with van der Waals surface area (Å²) >= 11 is 12.8. The largest absolute Gasteiger partial charge is 0.492 e. The minimum Gasteiger partial charge on any atom is -0.492 e. The molecule has 180 valence electrons. The van der Waals surface area contributed by atoms with Crippen molar-refractivity contribution < 1.29 is 15.0 Å². The molecule has 0 radical (unpaired) electrons. The second-order valence-corrected chi connectivity index (χ2v) is 9.08. The molecule has 1 fully saturated rings. The van der Waals surface area contributed by atoms with Gasteiger partial charge >= 0.3 is 0 Å². The summed E-state index contributed by atoms with van der Waals surface area (Å²) in [5.74, 6) is -1.08. The van der Waals surface area contributed by atoms with Crippen LogP contribution in [0.2, 0.25) is 10.0 Å². The second kappa shape index (κ2) is 8.88. The Bertz CT molecular complexity index is 1520. The Morgan fingerprint density at radius 3 is 2.57 bits per heavy atom. The Hall–Kier alpha value is -3.60. The minimum atomic E-state index is -0.739.